The van der Waals surface area contributed by atoms with Crippen LogP contribution in [-0.2, 0) is 0 Å². The average Bonchev–Trinajstić information content (AvgIpc) is 2.85. The topological polar surface area (TPSA) is 68.0 Å². The zero-order valence-electron chi connectivity index (χ0n) is 11.6. The Morgan fingerprint density at radius 2 is 2.19 bits per heavy atom. The number of pyridine rings is 1. The van der Waals surface area contributed by atoms with Gasteiger partial charge < -0.3 is 11.1 Å². The first-order chi connectivity index (χ1) is 10.2. The third kappa shape index (κ3) is 2.56. The molecular formula is C15H15N3OS2. The Morgan fingerprint density at radius 1 is 1.38 bits per heavy atom. The maximum atomic E-state index is 12.2. The van der Waals surface area contributed by atoms with Gasteiger partial charge in [0.1, 0.15) is 4.88 Å². The second-order valence-corrected chi connectivity index (χ2v) is 6.62. The van der Waals surface area contributed by atoms with E-state index in [0.717, 1.165) is 26.7 Å². The molecule has 6 heteroatoms. The SMILES string of the molecule is CSCCNC(=O)c1sc2c(cnc3ccccc32)c1N. The predicted octanol–water partition coefficient (Wildman–Crippen LogP) is 3.12. The van der Waals surface area contributed by atoms with Crippen LogP contribution in [0.1, 0.15) is 9.67 Å². The quantitative estimate of drug-likeness (QED) is 0.726. The Hall–Kier alpha value is -1.79. The number of aromatic nitrogens is 1. The summed E-state index contributed by atoms with van der Waals surface area (Å²) in [5.41, 5.74) is 7.58. The van der Waals surface area contributed by atoms with Gasteiger partial charge in [-0.15, -0.1) is 11.3 Å². The van der Waals surface area contributed by atoms with Gasteiger partial charge in [-0.3, -0.25) is 9.78 Å². The van der Waals surface area contributed by atoms with Crippen LogP contribution in [0.2, 0.25) is 0 Å². The largest absolute Gasteiger partial charge is 0.397 e. The van der Waals surface area contributed by atoms with Crippen molar-refractivity contribution in [3.63, 3.8) is 0 Å². The fraction of sp³-hybridized carbons (Fsp3) is 0.200. The monoisotopic (exact) mass is 317 g/mol. The average molecular weight is 317 g/mol. The molecule has 4 nitrogen and oxygen atoms in total. The molecule has 3 rings (SSSR count). The van der Waals surface area contributed by atoms with Gasteiger partial charge in [0, 0.05) is 34.0 Å². The molecule has 3 aromatic rings. The van der Waals surface area contributed by atoms with Gasteiger partial charge in [-0.1, -0.05) is 18.2 Å². The van der Waals surface area contributed by atoms with Crippen LogP contribution in [-0.4, -0.2) is 29.4 Å². The van der Waals surface area contributed by atoms with Crippen molar-refractivity contribution in [2.75, 3.05) is 24.3 Å². The van der Waals surface area contributed by atoms with E-state index in [1.807, 2.05) is 30.5 Å². The lowest BCUT2D eigenvalue weighted by Crippen LogP contribution is -2.25. The maximum absolute atomic E-state index is 12.2. The number of rotatable bonds is 4. The molecule has 0 unspecified atom stereocenters. The number of carbonyl (C=O) groups is 1. The van der Waals surface area contributed by atoms with Crippen molar-refractivity contribution in [1.82, 2.24) is 10.3 Å². The first kappa shape index (κ1) is 14.2. The van der Waals surface area contributed by atoms with E-state index in [0.29, 0.717) is 17.1 Å². The summed E-state index contributed by atoms with van der Waals surface area (Å²) in [6, 6.07) is 7.89. The van der Waals surface area contributed by atoms with Crippen LogP contribution in [0.5, 0.6) is 0 Å². The highest BCUT2D eigenvalue weighted by Crippen LogP contribution is 2.37. The van der Waals surface area contributed by atoms with Crippen molar-refractivity contribution in [1.29, 1.82) is 0 Å². The standard InChI is InChI=1S/C15H15N3OS2/c1-20-7-6-17-15(19)14-12(16)10-8-18-11-5-3-2-4-9(11)13(10)21-14/h2-5,8H,6-7,16H2,1H3,(H,17,19). The van der Waals surface area contributed by atoms with Crippen molar-refractivity contribution in [3.8, 4) is 0 Å². The highest BCUT2D eigenvalue weighted by Gasteiger charge is 2.17. The lowest BCUT2D eigenvalue weighted by atomic mass is 10.1. The minimum atomic E-state index is -0.105. The highest BCUT2D eigenvalue weighted by atomic mass is 32.2. The summed E-state index contributed by atoms with van der Waals surface area (Å²) >= 11 is 3.13. The Morgan fingerprint density at radius 3 is 3.00 bits per heavy atom. The van der Waals surface area contributed by atoms with Crippen molar-refractivity contribution >= 4 is 55.7 Å². The van der Waals surface area contributed by atoms with E-state index in [4.69, 9.17) is 5.73 Å². The summed E-state index contributed by atoms with van der Waals surface area (Å²) in [7, 11) is 0. The van der Waals surface area contributed by atoms with Crippen LogP contribution in [0.4, 0.5) is 5.69 Å². The van der Waals surface area contributed by atoms with Crippen LogP contribution in [0, 0.1) is 0 Å². The Bertz CT molecular complexity index is 813. The number of benzene rings is 1. The van der Waals surface area contributed by atoms with Gasteiger partial charge in [0.25, 0.3) is 5.91 Å². The molecule has 21 heavy (non-hydrogen) atoms. The molecule has 1 amide bonds. The van der Waals surface area contributed by atoms with Gasteiger partial charge >= 0.3 is 0 Å². The number of nitrogens with two attached hydrogens (primary N) is 1. The molecule has 2 heterocycles. The number of para-hydroxylation sites is 1. The van der Waals surface area contributed by atoms with E-state index in [1.165, 1.54) is 11.3 Å². The second-order valence-electron chi connectivity index (χ2n) is 4.61. The minimum absolute atomic E-state index is 0.105. The smallest absolute Gasteiger partial charge is 0.263 e. The molecule has 0 aliphatic heterocycles. The Balaban J connectivity index is 2.06. The molecule has 0 saturated carbocycles. The molecule has 0 aliphatic carbocycles. The van der Waals surface area contributed by atoms with Gasteiger partial charge in [0.2, 0.25) is 0 Å². The van der Waals surface area contributed by atoms with Crippen LogP contribution in [0.15, 0.2) is 30.5 Å². The number of thiophene rings is 1. The third-order valence-electron chi connectivity index (χ3n) is 3.26. The van der Waals surface area contributed by atoms with Crippen LogP contribution < -0.4 is 11.1 Å². The van der Waals surface area contributed by atoms with E-state index in [1.54, 1.807) is 18.0 Å². The summed E-state index contributed by atoms with van der Waals surface area (Å²) in [6.07, 6.45) is 3.76. The normalized spacial score (nSPS) is 11.1. The fourth-order valence-electron chi connectivity index (χ4n) is 2.21. The fourth-order valence-corrected chi connectivity index (χ4v) is 3.66. The van der Waals surface area contributed by atoms with Crippen molar-refractivity contribution in [2.24, 2.45) is 0 Å². The summed E-state index contributed by atoms with van der Waals surface area (Å²) < 4.78 is 1.02. The molecule has 1 aromatic carbocycles. The predicted molar refractivity (Wildman–Crippen MR) is 92.3 cm³/mol. The molecule has 0 fully saturated rings. The van der Waals surface area contributed by atoms with Gasteiger partial charge in [-0.2, -0.15) is 11.8 Å². The lowest BCUT2D eigenvalue weighted by Gasteiger charge is -2.02. The van der Waals surface area contributed by atoms with Gasteiger partial charge in [-0.25, -0.2) is 0 Å². The molecule has 108 valence electrons. The number of nitrogens with one attached hydrogen (secondary N) is 1. The number of hydrogen-bond donors (Lipinski definition) is 2. The third-order valence-corrected chi connectivity index (χ3v) is 5.13. The molecule has 0 saturated heterocycles. The summed E-state index contributed by atoms with van der Waals surface area (Å²) in [5, 5.41) is 4.79. The van der Waals surface area contributed by atoms with Crippen molar-refractivity contribution in [2.45, 2.75) is 0 Å². The summed E-state index contributed by atoms with van der Waals surface area (Å²) in [6.45, 7) is 0.646. The molecule has 0 aliphatic rings. The van der Waals surface area contributed by atoms with Gasteiger partial charge in [0.15, 0.2) is 0 Å². The second kappa shape index (κ2) is 5.91. The van der Waals surface area contributed by atoms with E-state index in [-0.39, 0.29) is 5.91 Å². The number of hydrogen-bond acceptors (Lipinski definition) is 5. The number of thioether (sulfide) groups is 1. The number of nitrogens with zero attached hydrogens (tertiary/aromatic N) is 1. The first-order valence-electron chi connectivity index (χ1n) is 6.55. The molecule has 0 atom stereocenters. The molecule has 2 aromatic heterocycles. The van der Waals surface area contributed by atoms with Crippen molar-refractivity contribution < 1.29 is 4.79 Å². The minimum Gasteiger partial charge on any atom is -0.397 e. The number of carbonyl (C=O) groups excluding carboxylic acids is 1. The highest BCUT2D eigenvalue weighted by molar-refractivity contribution is 7.98. The van der Waals surface area contributed by atoms with Crippen LogP contribution in [0.3, 0.4) is 0 Å². The van der Waals surface area contributed by atoms with E-state index < -0.39 is 0 Å². The molecule has 0 spiro atoms. The molecular weight excluding hydrogens is 302 g/mol. The number of anilines is 1. The first-order valence-corrected chi connectivity index (χ1v) is 8.76. The number of nitrogen functional groups attached to an aromatic ring is 1. The van der Waals surface area contributed by atoms with Crippen LogP contribution >= 0.6 is 23.1 Å². The Labute approximate surface area is 130 Å². The van der Waals surface area contributed by atoms with E-state index >= 15 is 0 Å². The number of amides is 1. The van der Waals surface area contributed by atoms with E-state index in [2.05, 4.69) is 10.3 Å². The Kier molecular flexibility index (Phi) is 3.98. The molecule has 0 bridgehead atoms. The van der Waals surface area contributed by atoms with Gasteiger partial charge in [0.05, 0.1) is 11.2 Å². The van der Waals surface area contributed by atoms with Crippen molar-refractivity contribution in [3.05, 3.63) is 35.3 Å². The van der Waals surface area contributed by atoms with Gasteiger partial charge in [-0.05, 0) is 12.3 Å². The maximum Gasteiger partial charge on any atom is 0.263 e. The zero-order chi connectivity index (χ0) is 14.8. The summed E-state index contributed by atoms with van der Waals surface area (Å²) in [4.78, 5) is 17.2. The number of fused-ring (bicyclic) bond motifs is 3. The van der Waals surface area contributed by atoms with E-state index in [9.17, 15) is 4.79 Å². The zero-order valence-corrected chi connectivity index (χ0v) is 13.2. The molecule has 0 radical (unpaired) electrons. The lowest BCUT2D eigenvalue weighted by molar-refractivity contribution is 0.0961. The van der Waals surface area contributed by atoms with Crippen LogP contribution in [0.25, 0.3) is 21.0 Å². The summed E-state index contributed by atoms with van der Waals surface area (Å²) in [5.74, 6) is 0.785. The molecule has 3 N–H and O–H groups in total.